The van der Waals surface area contributed by atoms with Gasteiger partial charge in [0.25, 0.3) is 0 Å². The lowest BCUT2D eigenvalue weighted by atomic mass is 10.0. The van der Waals surface area contributed by atoms with Crippen molar-refractivity contribution in [2.75, 3.05) is 7.05 Å². The molecule has 0 aromatic carbocycles. The van der Waals surface area contributed by atoms with Crippen LogP contribution in [0.5, 0.6) is 0 Å². The maximum absolute atomic E-state index is 11.9. The standard InChI is InChI=1S/C12H20N2O3/c1-11(2,3)17-10(15)14(6)12(4,5)9-7-13-8-16-9/h7-8H,1-6H3. The zero-order valence-corrected chi connectivity index (χ0v) is 11.3. The number of carbonyl (C=O) groups excluding carboxylic acids is 1. The van der Waals surface area contributed by atoms with E-state index in [4.69, 9.17) is 9.15 Å². The van der Waals surface area contributed by atoms with Gasteiger partial charge in [-0.25, -0.2) is 9.78 Å². The minimum absolute atomic E-state index is 0.390. The third-order valence-corrected chi connectivity index (χ3v) is 2.54. The molecule has 1 aromatic heterocycles. The Morgan fingerprint density at radius 3 is 2.35 bits per heavy atom. The average molecular weight is 240 g/mol. The van der Waals surface area contributed by atoms with Crippen molar-refractivity contribution in [3.05, 3.63) is 18.4 Å². The van der Waals surface area contributed by atoms with Gasteiger partial charge < -0.3 is 9.15 Å². The van der Waals surface area contributed by atoms with Gasteiger partial charge in [-0.2, -0.15) is 0 Å². The van der Waals surface area contributed by atoms with Crippen molar-refractivity contribution in [1.82, 2.24) is 9.88 Å². The molecule has 5 heteroatoms. The molecule has 0 aliphatic heterocycles. The first-order chi connectivity index (χ1) is 7.64. The van der Waals surface area contributed by atoms with Crippen LogP contribution in [0.1, 0.15) is 40.4 Å². The monoisotopic (exact) mass is 240 g/mol. The van der Waals surface area contributed by atoms with E-state index in [2.05, 4.69) is 4.98 Å². The lowest BCUT2D eigenvalue weighted by Crippen LogP contribution is -2.45. The third kappa shape index (κ3) is 3.22. The van der Waals surface area contributed by atoms with Crippen molar-refractivity contribution in [3.8, 4) is 0 Å². The van der Waals surface area contributed by atoms with E-state index in [-0.39, 0.29) is 6.09 Å². The fourth-order valence-corrected chi connectivity index (χ4v) is 1.24. The lowest BCUT2D eigenvalue weighted by molar-refractivity contribution is 0.00676. The summed E-state index contributed by atoms with van der Waals surface area (Å²) in [5, 5.41) is 0. The summed E-state index contributed by atoms with van der Waals surface area (Å²) in [5.74, 6) is 0.617. The van der Waals surface area contributed by atoms with Gasteiger partial charge in [0.05, 0.1) is 11.7 Å². The van der Waals surface area contributed by atoms with Crippen molar-refractivity contribution in [2.24, 2.45) is 0 Å². The Hall–Kier alpha value is -1.52. The first-order valence-corrected chi connectivity index (χ1v) is 5.50. The highest BCUT2D eigenvalue weighted by molar-refractivity contribution is 5.68. The van der Waals surface area contributed by atoms with Gasteiger partial charge in [0.1, 0.15) is 11.4 Å². The van der Waals surface area contributed by atoms with E-state index >= 15 is 0 Å². The van der Waals surface area contributed by atoms with Gasteiger partial charge in [-0.05, 0) is 34.6 Å². The van der Waals surface area contributed by atoms with E-state index in [0.29, 0.717) is 5.76 Å². The molecule has 0 fully saturated rings. The quantitative estimate of drug-likeness (QED) is 0.797. The molecular weight excluding hydrogens is 220 g/mol. The van der Waals surface area contributed by atoms with Crippen molar-refractivity contribution in [3.63, 3.8) is 0 Å². The van der Waals surface area contributed by atoms with Crippen LogP contribution in [0.3, 0.4) is 0 Å². The van der Waals surface area contributed by atoms with Crippen LogP contribution in [0.15, 0.2) is 17.0 Å². The Labute approximate surface area is 102 Å². The summed E-state index contributed by atoms with van der Waals surface area (Å²) in [7, 11) is 1.68. The summed E-state index contributed by atoms with van der Waals surface area (Å²) in [4.78, 5) is 17.3. The minimum Gasteiger partial charge on any atom is -0.446 e. The number of rotatable bonds is 2. The van der Waals surface area contributed by atoms with Crippen molar-refractivity contribution < 1.29 is 13.9 Å². The molecule has 0 aliphatic carbocycles. The fraction of sp³-hybridized carbons (Fsp3) is 0.667. The SMILES string of the molecule is CN(C(=O)OC(C)(C)C)C(C)(C)c1cnco1. The second-order valence-corrected chi connectivity index (χ2v) is 5.46. The number of carbonyl (C=O) groups is 1. The molecule has 0 aliphatic rings. The molecule has 1 heterocycles. The van der Waals surface area contributed by atoms with E-state index in [9.17, 15) is 4.79 Å². The number of hydrogen-bond donors (Lipinski definition) is 0. The summed E-state index contributed by atoms with van der Waals surface area (Å²) >= 11 is 0. The molecule has 5 nitrogen and oxygen atoms in total. The molecule has 0 spiro atoms. The summed E-state index contributed by atoms with van der Waals surface area (Å²) in [6.07, 6.45) is 2.56. The number of ether oxygens (including phenoxy) is 1. The number of oxazole rings is 1. The molecule has 0 bridgehead atoms. The minimum atomic E-state index is -0.598. The van der Waals surface area contributed by atoms with Crippen LogP contribution in [-0.4, -0.2) is 28.6 Å². The maximum atomic E-state index is 11.9. The number of amides is 1. The summed E-state index contributed by atoms with van der Waals surface area (Å²) in [5.41, 5.74) is -1.11. The Balaban J connectivity index is 2.82. The molecule has 96 valence electrons. The van der Waals surface area contributed by atoms with E-state index in [1.807, 2.05) is 34.6 Å². The molecule has 1 amide bonds. The summed E-state index contributed by atoms with van der Waals surface area (Å²) in [6.45, 7) is 9.25. The number of hydrogen-bond acceptors (Lipinski definition) is 4. The third-order valence-electron chi connectivity index (χ3n) is 2.54. The summed E-state index contributed by atoms with van der Waals surface area (Å²) < 4.78 is 10.5. The van der Waals surface area contributed by atoms with E-state index in [1.165, 1.54) is 11.3 Å². The van der Waals surface area contributed by atoms with Crippen LogP contribution in [0.25, 0.3) is 0 Å². The van der Waals surface area contributed by atoms with Crippen LogP contribution in [-0.2, 0) is 10.3 Å². The molecule has 0 saturated carbocycles. The van der Waals surface area contributed by atoms with Gasteiger partial charge in [0.15, 0.2) is 6.39 Å². The molecule has 0 saturated heterocycles. The molecule has 0 atom stereocenters. The normalized spacial score (nSPS) is 12.4. The number of nitrogens with zero attached hydrogens (tertiary/aromatic N) is 2. The van der Waals surface area contributed by atoms with E-state index in [1.54, 1.807) is 13.2 Å². The van der Waals surface area contributed by atoms with Crippen LogP contribution in [0, 0.1) is 0 Å². The van der Waals surface area contributed by atoms with Crippen LogP contribution < -0.4 is 0 Å². The lowest BCUT2D eigenvalue weighted by Gasteiger charge is -2.34. The predicted molar refractivity (Wildman–Crippen MR) is 63.5 cm³/mol. The van der Waals surface area contributed by atoms with Crippen LogP contribution >= 0.6 is 0 Å². The van der Waals surface area contributed by atoms with E-state index in [0.717, 1.165) is 0 Å². The Kier molecular flexibility index (Phi) is 3.50. The van der Waals surface area contributed by atoms with E-state index < -0.39 is 11.1 Å². The van der Waals surface area contributed by atoms with Gasteiger partial charge in [-0.15, -0.1) is 0 Å². The largest absolute Gasteiger partial charge is 0.446 e. The first-order valence-electron chi connectivity index (χ1n) is 5.50. The van der Waals surface area contributed by atoms with Gasteiger partial charge in [0.2, 0.25) is 0 Å². The molecule has 0 N–H and O–H groups in total. The molecule has 1 aromatic rings. The maximum Gasteiger partial charge on any atom is 0.410 e. The van der Waals surface area contributed by atoms with Crippen molar-refractivity contribution in [2.45, 2.75) is 45.8 Å². The smallest absolute Gasteiger partial charge is 0.410 e. The molecule has 1 rings (SSSR count). The first kappa shape index (κ1) is 13.5. The zero-order valence-electron chi connectivity index (χ0n) is 11.3. The predicted octanol–water partition coefficient (Wildman–Crippen LogP) is 2.78. The Bertz CT molecular complexity index is 377. The van der Waals surface area contributed by atoms with Crippen LogP contribution in [0.2, 0.25) is 0 Å². The van der Waals surface area contributed by atoms with Crippen molar-refractivity contribution in [1.29, 1.82) is 0 Å². The summed E-state index contributed by atoms with van der Waals surface area (Å²) in [6, 6.07) is 0. The molecule has 17 heavy (non-hydrogen) atoms. The fourth-order valence-electron chi connectivity index (χ4n) is 1.24. The second kappa shape index (κ2) is 4.39. The average Bonchev–Trinajstić information content (AvgIpc) is 2.66. The highest BCUT2D eigenvalue weighted by Gasteiger charge is 2.35. The topological polar surface area (TPSA) is 55.6 Å². The van der Waals surface area contributed by atoms with Gasteiger partial charge in [0, 0.05) is 7.05 Å². The molecular formula is C12H20N2O3. The van der Waals surface area contributed by atoms with Gasteiger partial charge in [-0.3, -0.25) is 4.90 Å². The number of aromatic nitrogens is 1. The highest BCUT2D eigenvalue weighted by atomic mass is 16.6. The molecule has 0 radical (unpaired) electrons. The highest BCUT2D eigenvalue weighted by Crippen LogP contribution is 2.27. The Morgan fingerprint density at radius 1 is 1.35 bits per heavy atom. The Morgan fingerprint density at radius 2 is 1.94 bits per heavy atom. The van der Waals surface area contributed by atoms with Crippen LogP contribution in [0.4, 0.5) is 4.79 Å². The van der Waals surface area contributed by atoms with Gasteiger partial charge >= 0.3 is 6.09 Å². The molecule has 0 unspecified atom stereocenters. The second-order valence-electron chi connectivity index (χ2n) is 5.46. The van der Waals surface area contributed by atoms with Crippen molar-refractivity contribution >= 4 is 6.09 Å². The van der Waals surface area contributed by atoms with Gasteiger partial charge in [-0.1, -0.05) is 0 Å². The zero-order chi connectivity index (χ0) is 13.3.